The summed E-state index contributed by atoms with van der Waals surface area (Å²) in [6.45, 7) is 1.07. The van der Waals surface area contributed by atoms with Gasteiger partial charge in [-0.2, -0.15) is 13.2 Å². The highest BCUT2D eigenvalue weighted by molar-refractivity contribution is 7.80. The molecule has 0 amide bonds. The van der Waals surface area contributed by atoms with Gasteiger partial charge in [-0.15, -0.1) is 0 Å². The summed E-state index contributed by atoms with van der Waals surface area (Å²) in [5.74, 6) is -1.75. The van der Waals surface area contributed by atoms with Crippen LogP contribution in [0, 0.1) is 5.92 Å². The topological polar surface area (TPSA) is 58.7 Å². The van der Waals surface area contributed by atoms with Gasteiger partial charge < -0.3 is 20.5 Å². The minimum Gasteiger partial charge on any atom is -0.394 e. The van der Waals surface area contributed by atoms with Crippen molar-refractivity contribution >= 4 is 17.2 Å². The molecule has 0 aromatic rings. The lowest BCUT2D eigenvalue weighted by molar-refractivity contribution is -0.160. The van der Waals surface area contributed by atoms with E-state index >= 15 is 0 Å². The molecule has 0 aromatic carbocycles. The lowest BCUT2D eigenvalue weighted by Crippen LogP contribution is -2.46. The highest BCUT2D eigenvalue weighted by Gasteiger charge is 2.42. The summed E-state index contributed by atoms with van der Waals surface area (Å²) < 4.78 is 43.5. The van der Waals surface area contributed by atoms with Crippen LogP contribution in [0.25, 0.3) is 0 Å². The fraction of sp³-hybridized carbons (Fsp3) is 0.909. The molecule has 112 valence electrons. The van der Waals surface area contributed by atoms with Gasteiger partial charge in [0.05, 0.1) is 24.3 Å². The number of aliphatic hydroxyl groups is 1. The number of piperidine rings is 1. The number of alkyl halides is 3. The van der Waals surface area contributed by atoms with E-state index in [4.69, 9.17) is 15.6 Å². The summed E-state index contributed by atoms with van der Waals surface area (Å²) in [6.07, 6.45) is -3.07. The van der Waals surface area contributed by atoms with Crippen molar-refractivity contribution in [1.82, 2.24) is 4.90 Å². The Morgan fingerprint density at radius 3 is 2.42 bits per heavy atom. The van der Waals surface area contributed by atoms with Crippen molar-refractivity contribution in [1.29, 1.82) is 0 Å². The molecule has 1 unspecified atom stereocenters. The summed E-state index contributed by atoms with van der Waals surface area (Å²) in [5.41, 5.74) is 5.17. The van der Waals surface area contributed by atoms with E-state index in [1.54, 1.807) is 4.90 Å². The van der Waals surface area contributed by atoms with Crippen molar-refractivity contribution in [2.75, 3.05) is 32.8 Å². The molecule has 3 N–H and O–H groups in total. The van der Waals surface area contributed by atoms with Gasteiger partial charge >= 0.3 is 6.18 Å². The number of ether oxygens (including phenoxy) is 1. The van der Waals surface area contributed by atoms with Crippen LogP contribution in [-0.2, 0) is 4.74 Å². The van der Waals surface area contributed by atoms with Gasteiger partial charge in [-0.25, -0.2) is 0 Å². The van der Waals surface area contributed by atoms with Gasteiger partial charge in [0.25, 0.3) is 0 Å². The van der Waals surface area contributed by atoms with Gasteiger partial charge in [0.15, 0.2) is 0 Å². The van der Waals surface area contributed by atoms with Crippen LogP contribution in [0.1, 0.15) is 12.8 Å². The van der Waals surface area contributed by atoms with E-state index in [1.807, 2.05) is 0 Å². The van der Waals surface area contributed by atoms with E-state index in [0.29, 0.717) is 25.9 Å². The fourth-order valence-electron chi connectivity index (χ4n) is 2.09. The number of halogens is 3. The number of rotatable bonds is 6. The minimum atomic E-state index is -4.39. The Kier molecular flexibility index (Phi) is 6.45. The van der Waals surface area contributed by atoms with Gasteiger partial charge in [-0.05, 0) is 12.8 Å². The van der Waals surface area contributed by atoms with Crippen molar-refractivity contribution in [3.8, 4) is 0 Å². The van der Waals surface area contributed by atoms with Crippen LogP contribution in [0.2, 0.25) is 0 Å². The molecule has 1 rings (SSSR count). The molecule has 1 saturated heterocycles. The molecule has 1 aliphatic rings. The fourth-order valence-corrected chi connectivity index (χ4v) is 2.30. The first-order valence-electron chi connectivity index (χ1n) is 6.15. The van der Waals surface area contributed by atoms with Crippen molar-refractivity contribution in [2.45, 2.75) is 25.1 Å². The summed E-state index contributed by atoms with van der Waals surface area (Å²) in [5, 5.41) is 8.63. The predicted octanol–water partition coefficient (Wildman–Crippen LogP) is 0.924. The van der Waals surface area contributed by atoms with E-state index < -0.39 is 17.1 Å². The first kappa shape index (κ1) is 16.6. The Labute approximate surface area is 115 Å². The number of likely N-dealkylation sites (tertiary alicyclic amines) is 1. The number of aliphatic hydroxyl groups excluding tert-OH is 1. The molecule has 1 fully saturated rings. The first-order chi connectivity index (χ1) is 8.84. The third-order valence-electron chi connectivity index (χ3n) is 3.16. The molecule has 0 bridgehead atoms. The summed E-state index contributed by atoms with van der Waals surface area (Å²) in [4.78, 5) is 1.20. The molecule has 0 saturated carbocycles. The third kappa shape index (κ3) is 5.60. The second-order valence-corrected chi connectivity index (χ2v) is 5.06. The van der Waals surface area contributed by atoms with Gasteiger partial charge in [-0.1, -0.05) is 12.2 Å². The van der Waals surface area contributed by atoms with E-state index in [-0.39, 0.29) is 25.9 Å². The Hall–Kier alpha value is -0.440. The zero-order valence-corrected chi connectivity index (χ0v) is 11.3. The Morgan fingerprint density at radius 1 is 1.42 bits per heavy atom. The summed E-state index contributed by atoms with van der Waals surface area (Å²) in [7, 11) is 0. The number of nitrogens with zero attached hydrogens (tertiary/aromatic N) is 1. The van der Waals surface area contributed by atoms with Crippen molar-refractivity contribution in [2.24, 2.45) is 11.7 Å². The monoisotopic (exact) mass is 300 g/mol. The number of hydrogen-bond donors (Lipinski definition) is 2. The van der Waals surface area contributed by atoms with Gasteiger partial charge in [-0.3, -0.25) is 0 Å². The molecule has 0 spiro atoms. The third-order valence-corrected chi connectivity index (χ3v) is 3.44. The van der Waals surface area contributed by atoms with E-state index in [1.165, 1.54) is 0 Å². The Morgan fingerprint density at radius 2 is 2.00 bits per heavy atom. The van der Waals surface area contributed by atoms with Crippen molar-refractivity contribution < 1.29 is 23.0 Å². The molecule has 19 heavy (non-hydrogen) atoms. The van der Waals surface area contributed by atoms with Gasteiger partial charge in [0.1, 0.15) is 5.92 Å². The van der Waals surface area contributed by atoms with Crippen LogP contribution in [-0.4, -0.2) is 60.1 Å². The average molecular weight is 300 g/mol. The van der Waals surface area contributed by atoms with Gasteiger partial charge in [0.2, 0.25) is 0 Å². The Balaban J connectivity index is 2.41. The van der Waals surface area contributed by atoms with Crippen LogP contribution < -0.4 is 5.73 Å². The highest BCUT2D eigenvalue weighted by atomic mass is 32.1. The second-order valence-electron chi connectivity index (χ2n) is 4.59. The van der Waals surface area contributed by atoms with E-state index in [9.17, 15) is 13.2 Å². The zero-order valence-electron chi connectivity index (χ0n) is 10.5. The van der Waals surface area contributed by atoms with Crippen LogP contribution in [0.5, 0.6) is 0 Å². The van der Waals surface area contributed by atoms with Gasteiger partial charge in [0, 0.05) is 19.6 Å². The molecular weight excluding hydrogens is 281 g/mol. The maximum atomic E-state index is 12.7. The molecule has 1 atom stereocenters. The van der Waals surface area contributed by atoms with E-state index in [2.05, 4.69) is 12.2 Å². The lowest BCUT2D eigenvalue weighted by atomic mass is 10.0. The van der Waals surface area contributed by atoms with Crippen LogP contribution in [0.15, 0.2) is 0 Å². The van der Waals surface area contributed by atoms with Crippen LogP contribution >= 0.6 is 12.2 Å². The molecule has 4 nitrogen and oxygen atoms in total. The van der Waals surface area contributed by atoms with Crippen molar-refractivity contribution in [3.05, 3.63) is 0 Å². The summed E-state index contributed by atoms with van der Waals surface area (Å²) in [6, 6.07) is 0. The predicted molar refractivity (Wildman–Crippen MR) is 68.8 cm³/mol. The van der Waals surface area contributed by atoms with Crippen LogP contribution in [0.4, 0.5) is 13.2 Å². The lowest BCUT2D eigenvalue weighted by Gasteiger charge is -2.34. The zero-order chi connectivity index (χ0) is 14.5. The molecule has 0 aliphatic carbocycles. The van der Waals surface area contributed by atoms with E-state index in [0.717, 1.165) is 0 Å². The normalized spacial score (nSPS) is 20.4. The molecule has 0 radical (unpaired) electrons. The minimum absolute atomic E-state index is 0.0116. The van der Waals surface area contributed by atoms with Crippen LogP contribution in [0.3, 0.4) is 0 Å². The number of thiocarbonyl (C=S) groups is 1. The molecule has 0 aromatic heterocycles. The second kappa shape index (κ2) is 7.37. The molecule has 8 heteroatoms. The molecular formula is C11H19F3N2O2S. The largest absolute Gasteiger partial charge is 0.399 e. The average Bonchev–Trinajstić information content (AvgIpc) is 2.33. The number of nitrogens with two attached hydrogens (primary N) is 1. The molecule has 1 aliphatic heterocycles. The Bertz CT molecular complexity index is 294. The maximum Gasteiger partial charge on any atom is 0.399 e. The quantitative estimate of drug-likeness (QED) is 0.715. The first-order valence-corrected chi connectivity index (χ1v) is 6.56. The SMILES string of the molecule is NC(=S)C(CN1CCC(OCCO)CC1)C(F)(F)F. The number of hydrogen-bond acceptors (Lipinski definition) is 4. The van der Waals surface area contributed by atoms with Crippen molar-refractivity contribution in [3.63, 3.8) is 0 Å². The molecule has 1 heterocycles. The highest BCUT2D eigenvalue weighted by Crippen LogP contribution is 2.28. The maximum absolute atomic E-state index is 12.7. The smallest absolute Gasteiger partial charge is 0.394 e. The standard InChI is InChI=1S/C11H19F3N2O2S/c12-11(13,14)9(10(15)19)7-16-3-1-8(2-4-16)18-6-5-17/h8-9,17H,1-7H2,(H2,15,19). The summed E-state index contributed by atoms with van der Waals surface area (Å²) >= 11 is 4.49.